The van der Waals surface area contributed by atoms with Gasteiger partial charge in [-0.3, -0.25) is 0 Å². The topological polar surface area (TPSA) is 28.5 Å². The average Bonchev–Trinajstić information content (AvgIpc) is 2.86. The van der Waals surface area contributed by atoms with Gasteiger partial charge in [-0.25, -0.2) is 9.98 Å². The van der Waals surface area contributed by atoms with Crippen LogP contribution in [0, 0.1) is 20.8 Å². The smallest absolute Gasteiger partial charge is 0.0972 e. The Balaban J connectivity index is 0.00000242. The van der Waals surface area contributed by atoms with Crippen LogP contribution in [-0.2, 0) is 6.42 Å². The van der Waals surface area contributed by atoms with Crippen molar-refractivity contribution >= 4 is 35.8 Å². The first kappa shape index (κ1) is 18.7. The Bertz CT molecular complexity index is 649. The Labute approximate surface area is 143 Å². The van der Waals surface area contributed by atoms with E-state index in [1.165, 1.54) is 21.7 Å². The van der Waals surface area contributed by atoms with E-state index in [9.17, 15) is 0 Å². The molecule has 1 aromatic carbocycles. The average molecular weight is 338 g/mol. The van der Waals surface area contributed by atoms with Crippen LogP contribution in [0.2, 0.25) is 0 Å². The van der Waals surface area contributed by atoms with Crippen molar-refractivity contribution in [1.29, 1.82) is 0 Å². The molecule has 3 nitrogen and oxygen atoms in total. The summed E-state index contributed by atoms with van der Waals surface area (Å²) in [5.74, 6) is 0. The molecule has 120 valence electrons. The molecular weight excluding hydrogens is 314 g/mol. The van der Waals surface area contributed by atoms with E-state index in [0.29, 0.717) is 0 Å². The molecule has 0 aliphatic carbocycles. The summed E-state index contributed by atoms with van der Waals surface area (Å²) in [7, 11) is 2.03. The van der Waals surface area contributed by atoms with Crippen molar-refractivity contribution in [2.75, 3.05) is 13.6 Å². The molecular formula is C17H24ClN3S. The van der Waals surface area contributed by atoms with Crippen LogP contribution in [0.5, 0.6) is 0 Å². The van der Waals surface area contributed by atoms with Gasteiger partial charge in [-0.2, -0.15) is 0 Å². The number of aromatic nitrogens is 1. The second kappa shape index (κ2) is 8.30. The summed E-state index contributed by atoms with van der Waals surface area (Å²) >= 11 is 1.73. The fourth-order valence-corrected chi connectivity index (χ4v) is 2.87. The predicted octanol–water partition coefficient (Wildman–Crippen LogP) is 4.69. The molecule has 2 aromatic rings. The Morgan fingerprint density at radius 1 is 1.23 bits per heavy atom. The molecule has 0 N–H and O–H groups in total. The number of thiazole rings is 1. The molecule has 0 fully saturated rings. The Morgan fingerprint density at radius 3 is 2.55 bits per heavy atom. The molecule has 0 spiro atoms. The van der Waals surface area contributed by atoms with Crippen LogP contribution in [0.1, 0.15) is 34.3 Å². The lowest BCUT2D eigenvalue weighted by Crippen LogP contribution is -2.14. The minimum Gasteiger partial charge on any atom is -0.366 e. The molecule has 22 heavy (non-hydrogen) atoms. The van der Waals surface area contributed by atoms with E-state index in [-0.39, 0.29) is 12.4 Å². The molecule has 2 rings (SSSR count). The van der Waals surface area contributed by atoms with Crippen molar-refractivity contribution in [1.82, 2.24) is 9.88 Å². The lowest BCUT2D eigenvalue weighted by atomic mass is 10.0. The summed E-state index contributed by atoms with van der Waals surface area (Å²) in [5.41, 5.74) is 5.98. The minimum atomic E-state index is 0. The van der Waals surface area contributed by atoms with Gasteiger partial charge < -0.3 is 4.90 Å². The maximum atomic E-state index is 4.58. The number of aliphatic imine (C=N–C) groups is 1. The third-order valence-electron chi connectivity index (χ3n) is 3.56. The highest BCUT2D eigenvalue weighted by Gasteiger charge is 2.07. The maximum Gasteiger partial charge on any atom is 0.0972 e. The molecule has 0 aliphatic heterocycles. The van der Waals surface area contributed by atoms with Crippen LogP contribution in [0.25, 0.3) is 0 Å². The maximum absolute atomic E-state index is 4.58. The number of halogens is 1. The van der Waals surface area contributed by atoms with Crippen LogP contribution >= 0.6 is 23.7 Å². The van der Waals surface area contributed by atoms with E-state index in [2.05, 4.69) is 53.2 Å². The van der Waals surface area contributed by atoms with Gasteiger partial charge >= 0.3 is 0 Å². The quantitative estimate of drug-likeness (QED) is 0.584. The van der Waals surface area contributed by atoms with Crippen molar-refractivity contribution in [3.8, 4) is 0 Å². The summed E-state index contributed by atoms with van der Waals surface area (Å²) in [6, 6.07) is 4.41. The summed E-state index contributed by atoms with van der Waals surface area (Å²) in [6.45, 7) is 9.39. The molecule has 0 bridgehead atoms. The van der Waals surface area contributed by atoms with Crippen molar-refractivity contribution in [3.63, 3.8) is 0 Å². The van der Waals surface area contributed by atoms with E-state index in [0.717, 1.165) is 24.3 Å². The Morgan fingerprint density at radius 2 is 1.95 bits per heavy atom. The summed E-state index contributed by atoms with van der Waals surface area (Å²) in [6.07, 6.45) is 2.80. The second-order valence-electron chi connectivity index (χ2n) is 5.44. The lowest BCUT2D eigenvalue weighted by Gasteiger charge is -2.11. The molecule has 1 aromatic heterocycles. The highest BCUT2D eigenvalue weighted by Crippen LogP contribution is 2.25. The van der Waals surface area contributed by atoms with Gasteiger partial charge in [0.1, 0.15) is 0 Å². The lowest BCUT2D eigenvalue weighted by molar-refractivity contribution is 0.552. The number of aryl methyl sites for hydroxylation is 3. The summed E-state index contributed by atoms with van der Waals surface area (Å²) < 4.78 is 0. The fraction of sp³-hybridized carbons (Fsp3) is 0.412. The Kier molecular flexibility index (Phi) is 7.04. The van der Waals surface area contributed by atoms with Gasteiger partial charge in [0.05, 0.1) is 17.0 Å². The van der Waals surface area contributed by atoms with Gasteiger partial charge in [0, 0.05) is 31.1 Å². The van der Waals surface area contributed by atoms with E-state index in [1.54, 1.807) is 11.3 Å². The van der Waals surface area contributed by atoms with Crippen molar-refractivity contribution in [2.45, 2.75) is 34.1 Å². The van der Waals surface area contributed by atoms with E-state index in [1.807, 2.05) is 20.3 Å². The monoisotopic (exact) mass is 337 g/mol. The van der Waals surface area contributed by atoms with E-state index in [4.69, 9.17) is 0 Å². The van der Waals surface area contributed by atoms with Crippen molar-refractivity contribution in [2.24, 2.45) is 4.99 Å². The van der Waals surface area contributed by atoms with Gasteiger partial charge in [0.15, 0.2) is 0 Å². The number of rotatable bonds is 5. The first-order valence-corrected chi connectivity index (χ1v) is 8.13. The number of benzene rings is 1. The zero-order valence-electron chi connectivity index (χ0n) is 13.9. The molecule has 0 atom stereocenters. The predicted molar refractivity (Wildman–Crippen MR) is 99.3 cm³/mol. The van der Waals surface area contributed by atoms with Crippen molar-refractivity contribution in [3.05, 3.63) is 44.9 Å². The van der Waals surface area contributed by atoms with Crippen LogP contribution < -0.4 is 0 Å². The van der Waals surface area contributed by atoms with Gasteiger partial charge in [-0.1, -0.05) is 6.07 Å². The first-order chi connectivity index (χ1) is 9.99. The number of hydrogen-bond acceptors (Lipinski definition) is 3. The fourth-order valence-electron chi connectivity index (χ4n) is 2.08. The first-order valence-electron chi connectivity index (χ1n) is 7.25. The molecule has 0 radical (unpaired) electrons. The van der Waals surface area contributed by atoms with Crippen LogP contribution in [0.4, 0.5) is 5.69 Å². The zero-order valence-corrected chi connectivity index (χ0v) is 15.5. The molecule has 0 saturated carbocycles. The van der Waals surface area contributed by atoms with Gasteiger partial charge in [-0.15, -0.1) is 23.7 Å². The molecule has 5 heteroatoms. The van der Waals surface area contributed by atoms with Crippen LogP contribution in [0.3, 0.4) is 0 Å². The third kappa shape index (κ3) is 4.82. The SMILES string of the molecule is CCN(C)/C=N\c1cc(C)c(Cc2nc(C)cs2)cc1C.Cl. The zero-order chi connectivity index (χ0) is 15.4. The number of nitrogens with zero attached hydrogens (tertiary/aromatic N) is 3. The normalized spacial score (nSPS) is 10.8. The van der Waals surface area contributed by atoms with E-state index < -0.39 is 0 Å². The van der Waals surface area contributed by atoms with Crippen LogP contribution in [-0.4, -0.2) is 29.8 Å². The molecule has 0 amide bonds. The number of hydrogen-bond donors (Lipinski definition) is 0. The van der Waals surface area contributed by atoms with Gasteiger partial charge in [0.2, 0.25) is 0 Å². The standard InChI is InChI=1S/C17H23N3S.ClH/c1-6-20(5)11-18-16-8-12(2)15(7-13(16)3)9-17-19-14(4)10-21-17;/h7-8,10-11H,6,9H2,1-5H3;1H/b18-11-;. The highest BCUT2D eigenvalue weighted by molar-refractivity contribution is 7.09. The Hall–Kier alpha value is -1.39. The van der Waals surface area contributed by atoms with Gasteiger partial charge in [-0.05, 0) is 50.5 Å². The molecule has 0 unspecified atom stereocenters. The second-order valence-corrected chi connectivity index (χ2v) is 6.39. The van der Waals surface area contributed by atoms with Crippen LogP contribution in [0.15, 0.2) is 22.5 Å². The van der Waals surface area contributed by atoms with E-state index >= 15 is 0 Å². The summed E-state index contributed by atoms with van der Waals surface area (Å²) in [5, 5.41) is 3.29. The summed E-state index contributed by atoms with van der Waals surface area (Å²) in [4.78, 5) is 11.2. The molecule has 0 saturated heterocycles. The molecule has 0 aliphatic rings. The highest BCUT2D eigenvalue weighted by atomic mass is 35.5. The minimum absolute atomic E-state index is 0. The largest absolute Gasteiger partial charge is 0.366 e. The van der Waals surface area contributed by atoms with Gasteiger partial charge in [0.25, 0.3) is 0 Å². The molecule has 1 heterocycles. The third-order valence-corrected chi connectivity index (χ3v) is 4.52. The van der Waals surface area contributed by atoms with Crippen molar-refractivity contribution < 1.29 is 0 Å².